The molecule has 1 spiro atoms. The molecule has 2 fully saturated rings. The number of ether oxygens (including phenoxy) is 3. The lowest BCUT2D eigenvalue weighted by Crippen LogP contribution is -2.72. The van der Waals surface area contributed by atoms with Crippen LogP contribution >= 0.6 is 0 Å². The number of phenols is 1. The molecule has 0 radical (unpaired) electrons. The monoisotopic (exact) mass is 530 g/mol. The second kappa shape index (κ2) is 7.97. The van der Waals surface area contributed by atoms with Crippen molar-refractivity contribution in [3.8, 4) is 17.2 Å². The Morgan fingerprint density at radius 3 is 2.38 bits per heavy atom. The van der Waals surface area contributed by atoms with Crippen LogP contribution in [0.4, 0.5) is 0 Å². The van der Waals surface area contributed by atoms with E-state index in [2.05, 4.69) is 6.08 Å². The third-order valence-corrected chi connectivity index (χ3v) is 9.13. The quantitative estimate of drug-likeness (QED) is 0.451. The van der Waals surface area contributed by atoms with Crippen molar-refractivity contribution in [1.29, 1.82) is 0 Å². The number of Topliss-reactive ketones (excluding diaryl/α,β-unsaturated/α-hetero) is 2. The Hall–Kier alpha value is -3.12. The number of hydrogen-bond acceptors (Lipinski definition) is 6. The Bertz CT molecular complexity index is 1460. The number of hydrogen-bond donors (Lipinski definition) is 1. The number of aromatic hydroxyl groups is 1. The molecule has 1 aromatic carbocycles. The van der Waals surface area contributed by atoms with Crippen molar-refractivity contribution in [1.82, 2.24) is 0 Å². The molecule has 1 saturated heterocycles. The van der Waals surface area contributed by atoms with Gasteiger partial charge in [-0.15, -0.1) is 0 Å². The normalized spacial score (nSPS) is 31.8. The highest BCUT2D eigenvalue weighted by Crippen LogP contribution is 2.68. The number of phenolic OH excluding ortho intramolecular Hbond substituents is 1. The van der Waals surface area contributed by atoms with E-state index >= 15 is 0 Å². The minimum absolute atomic E-state index is 0.0322. The number of ketones is 2. The number of carbonyl (C=O) groups excluding carboxylic acids is 2. The maximum atomic E-state index is 14.5. The standard InChI is InChI=1S/C33H38O6/c1-17(2)9-10-21-27-20(12-13-30(5,6)37-27)25(34)24-26(35)22-15-19-16-23-31(7,8)39-32(29(19)36,14-11-18(3)4)33(22,23)38-28(21)24/h9,11-13,15,19,23,34H,10,14,16H2,1-8H3/t19?,23-,32?,33+/m0/s1. The SMILES string of the molecule is CC(C)=CCc1c2c(c(O)c3c1O[C@]14C(=CC5C[C@H]1C(C)(C)OC4(CC=C(C)C)C5=O)C3=O)C=CC(C)(C)O2. The third kappa shape index (κ3) is 3.30. The minimum Gasteiger partial charge on any atom is -0.506 e. The summed E-state index contributed by atoms with van der Waals surface area (Å²) in [5, 5.41) is 11.5. The van der Waals surface area contributed by atoms with E-state index in [-0.39, 0.29) is 28.8 Å². The van der Waals surface area contributed by atoms with Gasteiger partial charge in [0.2, 0.25) is 0 Å². The van der Waals surface area contributed by atoms with Crippen LogP contribution in [0.2, 0.25) is 0 Å². The molecule has 3 heterocycles. The van der Waals surface area contributed by atoms with Crippen molar-refractivity contribution in [3.05, 3.63) is 57.7 Å². The number of allylic oxidation sites excluding steroid dienone is 4. The molecule has 39 heavy (non-hydrogen) atoms. The highest BCUT2D eigenvalue weighted by molar-refractivity contribution is 6.19. The Balaban J connectivity index is 1.67. The summed E-state index contributed by atoms with van der Waals surface area (Å²) in [5.41, 5.74) is -0.00322. The molecule has 0 aromatic heterocycles. The van der Waals surface area contributed by atoms with Gasteiger partial charge in [-0.25, -0.2) is 0 Å². The lowest BCUT2D eigenvalue weighted by Gasteiger charge is -2.56. The lowest BCUT2D eigenvalue weighted by atomic mass is 9.51. The molecule has 4 atom stereocenters. The maximum Gasteiger partial charge on any atom is 0.200 e. The summed E-state index contributed by atoms with van der Waals surface area (Å²) in [6.45, 7) is 15.9. The fraction of sp³-hybridized carbons (Fsp3) is 0.515. The highest BCUT2D eigenvalue weighted by atomic mass is 16.6. The second-order valence-corrected chi connectivity index (χ2v) is 13.3. The van der Waals surface area contributed by atoms with Gasteiger partial charge in [0.15, 0.2) is 22.8 Å². The van der Waals surface area contributed by atoms with Crippen molar-refractivity contribution < 1.29 is 28.9 Å². The zero-order valence-electron chi connectivity index (χ0n) is 24.2. The second-order valence-electron chi connectivity index (χ2n) is 13.3. The summed E-state index contributed by atoms with van der Waals surface area (Å²) in [7, 11) is 0. The molecule has 6 aliphatic rings. The van der Waals surface area contributed by atoms with Crippen LogP contribution in [0.15, 0.2) is 41.0 Å². The summed E-state index contributed by atoms with van der Waals surface area (Å²) in [6, 6.07) is 0. The average Bonchev–Trinajstić information content (AvgIpc) is 2.99. The zero-order chi connectivity index (χ0) is 28.3. The van der Waals surface area contributed by atoms with Crippen LogP contribution in [0.5, 0.6) is 17.2 Å². The van der Waals surface area contributed by atoms with Gasteiger partial charge >= 0.3 is 0 Å². The molecule has 206 valence electrons. The first-order valence-corrected chi connectivity index (χ1v) is 13.9. The van der Waals surface area contributed by atoms with Gasteiger partial charge < -0.3 is 19.3 Å². The maximum absolute atomic E-state index is 14.5. The average molecular weight is 531 g/mol. The largest absolute Gasteiger partial charge is 0.506 e. The number of rotatable bonds is 4. The first kappa shape index (κ1) is 26.1. The topological polar surface area (TPSA) is 82.1 Å². The first-order valence-electron chi connectivity index (χ1n) is 13.9. The molecule has 4 bridgehead atoms. The summed E-state index contributed by atoms with van der Waals surface area (Å²) < 4.78 is 20.3. The fourth-order valence-electron chi connectivity index (χ4n) is 7.41. The van der Waals surface area contributed by atoms with Crippen LogP contribution in [0.3, 0.4) is 0 Å². The molecule has 7 rings (SSSR count). The van der Waals surface area contributed by atoms with Crippen LogP contribution in [0.1, 0.15) is 89.7 Å². The Labute approximate surface area is 230 Å². The van der Waals surface area contributed by atoms with Crippen molar-refractivity contribution in [2.75, 3.05) is 0 Å². The van der Waals surface area contributed by atoms with E-state index in [4.69, 9.17) is 14.2 Å². The molecule has 3 aliphatic heterocycles. The van der Waals surface area contributed by atoms with E-state index in [0.29, 0.717) is 47.5 Å². The molecule has 1 aromatic rings. The van der Waals surface area contributed by atoms with Crippen molar-refractivity contribution in [3.63, 3.8) is 0 Å². The summed E-state index contributed by atoms with van der Waals surface area (Å²) in [4.78, 5) is 28.6. The van der Waals surface area contributed by atoms with Gasteiger partial charge in [0, 0.05) is 29.4 Å². The molecule has 3 aliphatic carbocycles. The van der Waals surface area contributed by atoms with Crippen molar-refractivity contribution in [2.45, 2.75) is 97.1 Å². The van der Waals surface area contributed by atoms with Crippen molar-refractivity contribution >= 4 is 17.6 Å². The van der Waals surface area contributed by atoms with Gasteiger partial charge in [-0.05, 0) is 80.4 Å². The molecule has 1 saturated carbocycles. The Morgan fingerprint density at radius 1 is 1.03 bits per heavy atom. The van der Waals surface area contributed by atoms with Gasteiger partial charge in [0.25, 0.3) is 0 Å². The van der Waals surface area contributed by atoms with E-state index in [1.807, 2.05) is 73.6 Å². The fourth-order valence-corrected chi connectivity index (χ4v) is 7.41. The molecule has 6 nitrogen and oxygen atoms in total. The van der Waals surface area contributed by atoms with E-state index < -0.39 is 28.3 Å². The molecular formula is C33H38O6. The third-order valence-electron chi connectivity index (χ3n) is 9.13. The van der Waals surface area contributed by atoms with Gasteiger partial charge in [-0.2, -0.15) is 0 Å². The molecule has 1 N–H and O–H groups in total. The summed E-state index contributed by atoms with van der Waals surface area (Å²) in [5.74, 6) is -0.308. The predicted molar refractivity (Wildman–Crippen MR) is 149 cm³/mol. The first-order chi connectivity index (χ1) is 18.1. The van der Waals surface area contributed by atoms with E-state index in [9.17, 15) is 14.7 Å². The van der Waals surface area contributed by atoms with E-state index in [0.717, 1.165) is 11.1 Å². The Morgan fingerprint density at radius 2 is 1.72 bits per heavy atom. The molecular weight excluding hydrogens is 492 g/mol. The van der Waals surface area contributed by atoms with E-state index in [1.54, 1.807) is 6.08 Å². The van der Waals surface area contributed by atoms with Crippen LogP contribution in [0, 0.1) is 11.8 Å². The zero-order valence-corrected chi connectivity index (χ0v) is 24.2. The van der Waals surface area contributed by atoms with Gasteiger partial charge in [-0.1, -0.05) is 29.4 Å². The highest BCUT2D eigenvalue weighted by Gasteiger charge is 2.81. The Kier molecular flexibility index (Phi) is 5.34. The van der Waals surface area contributed by atoms with Gasteiger partial charge in [-0.3, -0.25) is 9.59 Å². The molecule has 2 unspecified atom stereocenters. The number of carbonyl (C=O) groups is 2. The van der Waals surface area contributed by atoms with Crippen molar-refractivity contribution in [2.24, 2.45) is 11.8 Å². The number of fused-ring (bicyclic) bond motifs is 2. The molecule has 0 amide bonds. The smallest absolute Gasteiger partial charge is 0.200 e. The number of benzene rings is 1. The summed E-state index contributed by atoms with van der Waals surface area (Å²) >= 11 is 0. The van der Waals surface area contributed by atoms with Crippen LogP contribution in [-0.2, 0) is 16.0 Å². The molecule has 6 heteroatoms. The summed E-state index contributed by atoms with van der Waals surface area (Å²) in [6.07, 6.45) is 10.9. The van der Waals surface area contributed by atoms with Crippen LogP contribution < -0.4 is 9.47 Å². The van der Waals surface area contributed by atoms with Gasteiger partial charge in [0.1, 0.15) is 28.4 Å². The minimum atomic E-state index is -1.34. The van der Waals surface area contributed by atoms with Gasteiger partial charge in [0.05, 0.1) is 11.2 Å². The van der Waals surface area contributed by atoms with E-state index in [1.165, 1.54) is 0 Å². The lowest BCUT2D eigenvalue weighted by molar-refractivity contribution is -0.171. The van der Waals surface area contributed by atoms with Crippen LogP contribution in [0.25, 0.3) is 6.08 Å². The predicted octanol–water partition coefficient (Wildman–Crippen LogP) is 6.45. The van der Waals surface area contributed by atoms with Crippen LogP contribution in [-0.4, -0.2) is 39.1 Å².